The van der Waals surface area contributed by atoms with Crippen molar-refractivity contribution in [1.29, 1.82) is 0 Å². The minimum atomic E-state index is 0.800. The van der Waals surface area contributed by atoms with Gasteiger partial charge in [-0.15, -0.1) is 0 Å². The van der Waals surface area contributed by atoms with Gasteiger partial charge in [-0.2, -0.15) is 0 Å². The molecule has 30 saturated carbocycles. The summed E-state index contributed by atoms with van der Waals surface area (Å²) >= 11 is 0. The highest BCUT2D eigenvalue weighted by molar-refractivity contribution is 5.08. The summed E-state index contributed by atoms with van der Waals surface area (Å²) in [6.07, 6.45) is 127. The standard InChI is InChI=1S/C15H26.C12H20.C12H22.2C11H18.2C11H20.3C10H18.2C9H16/c1-13-6-11-14-7-2-4-9-15(14,12-13)10-5-3-8-14;1-8-6-9-7-12(8)11-5-3-2-4-10(9)11;1-11-6-5-9-12(10-11)7-3-2-4-8-12;1-11-5-8-2-9(6-11)4-10(3-8)7-11;1-7-5-8-6-11(7)10-4-2-3-9(8)10;1-9-5-6-10-3-2-4-11(7-9)8-10;1-10-5-8-11(9-10)6-3-2-4-7-11;2*1-8-2-3-9-4-5-10(6-8)7-9;1-9-4-7-10(8-9)5-2-3-6-10;1-8-3-6-9(7-8)4-2-5-9;1-7-2-3-8-5-9(4-7)6-8/h13H,2-12H2,1H3;8-12H,2-7H2,1H3;11H,2-10H2,1H3;8-10H,2-7H2,1H3;7-11H,2-6H2,1H3;9-11H,2-8H2,1H3;10H,2-9H2,1H3;2*8-10H,2-7H2,1H3;9H,2-8H2,1H3;8H,2-7H2,1H3;7-9H,2-6H2,1H3/t13-,14?,15?;8-,9?,10?,11?,12?;11-;;7-,8?,9?,10?,11?;9-,10?,11?;10-;2*8-,9?,10?;9-;8-;7-,8?,9?/m111.11111111/s1. The van der Waals surface area contributed by atoms with E-state index >= 15 is 0 Å². The van der Waals surface area contributed by atoms with Crippen LogP contribution >= 0.6 is 0 Å². The zero-order valence-corrected chi connectivity index (χ0v) is 90.8. The van der Waals surface area contributed by atoms with Crippen molar-refractivity contribution in [3.8, 4) is 0 Å². The Bertz CT molecular complexity index is 3180. The molecule has 25 atom stereocenters. The molecule has 0 nitrogen and oxygen atoms in total. The summed E-state index contributed by atoms with van der Waals surface area (Å²) in [7, 11) is 0. The van der Waals surface area contributed by atoms with Gasteiger partial charge in [0.25, 0.3) is 0 Å². The van der Waals surface area contributed by atoms with Crippen LogP contribution in [0.3, 0.4) is 0 Å². The Labute approximate surface area is 819 Å². The molecule has 14 unspecified atom stereocenters. The molecule has 0 aromatic carbocycles. The minimum absolute atomic E-state index is 0.800. The summed E-state index contributed by atoms with van der Waals surface area (Å²) < 4.78 is 0. The molecule has 30 rings (SSSR count). The average molecular weight is 1810 g/mol. The third-order valence-corrected chi connectivity index (χ3v) is 48.9. The highest BCUT2D eigenvalue weighted by atomic mass is 14.6. The molecule has 30 fully saturated rings. The maximum absolute atomic E-state index is 2.54. The lowest BCUT2D eigenvalue weighted by molar-refractivity contribution is -0.105. The monoisotopic (exact) mass is 1800 g/mol. The quantitative estimate of drug-likeness (QED) is 0.227. The molecule has 0 saturated heterocycles. The van der Waals surface area contributed by atoms with Crippen LogP contribution in [-0.2, 0) is 0 Å². The lowest BCUT2D eigenvalue weighted by atomic mass is 9.44. The molecule has 0 heterocycles. The highest BCUT2D eigenvalue weighted by Crippen LogP contribution is 2.68. The molecule has 30 aliphatic carbocycles. The Morgan fingerprint density at radius 2 is 0.435 bits per heavy atom. The van der Waals surface area contributed by atoms with E-state index in [-0.39, 0.29) is 0 Å². The second kappa shape index (κ2) is 47.2. The van der Waals surface area contributed by atoms with Crippen LogP contribution in [0.2, 0.25) is 0 Å². The molecule has 0 aromatic rings. The third kappa shape index (κ3) is 27.2. The molecular formula is C131H230. The Balaban J connectivity index is 0.000000100. The molecule has 0 heteroatoms. The number of hydrogen-bond donors (Lipinski definition) is 0. The van der Waals surface area contributed by atoms with Gasteiger partial charge in [0.05, 0.1) is 0 Å². The summed E-state index contributed by atoms with van der Waals surface area (Å²) in [4.78, 5) is 0. The van der Waals surface area contributed by atoms with Crippen molar-refractivity contribution in [3.63, 3.8) is 0 Å². The van der Waals surface area contributed by atoms with Crippen LogP contribution in [-0.4, -0.2) is 0 Å². The fraction of sp³-hybridized carbons (Fsp3) is 1.00. The Morgan fingerprint density at radius 1 is 0.145 bits per heavy atom. The summed E-state index contributed by atoms with van der Waals surface area (Å²) in [6, 6.07) is 0. The van der Waals surface area contributed by atoms with Crippen LogP contribution in [0.4, 0.5) is 0 Å². The molecular weight excluding hydrogens is 1570 g/mol. The Kier molecular flexibility index (Phi) is 36.9. The molecule has 0 aromatic heterocycles. The fourth-order valence-electron chi connectivity index (χ4n) is 42.7. The SMILES string of the molecule is CC12CC3CC(CC(C3)C1)C2.C[C@@H]1CC2CC1C1CCCC21.C[C@@H]1CC2CC1C1CCCCC21.C[C@@H]1CCC2(CCC2)C1.C[C@@H]1CCC2(CCCC2)C1.C[C@@H]1CCC2(CCCCC2)C1.C[C@@H]1CCC23CCCCC2(CCCC3)C1.C[C@@H]1CCC2CC(C2)C1.C[C@@H]1CCC2CCC(C2)C1.C[C@@H]1CCC2CCC(C2)C1.C[C@@H]1CCC2CCCC(C2)C1.C[C@@H]1CCCC2(CCCCC2)C1. The van der Waals surface area contributed by atoms with Crippen LogP contribution in [0.1, 0.15) is 610 Å². The van der Waals surface area contributed by atoms with E-state index in [0.717, 1.165) is 186 Å². The molecule has 30 aliphatic rings. The zero-order chi connectivity index (χ0) is 90.8. The van der Waals surface area contributed by atoms with Crippen molar-refractivity contribution in [2.75, 3.05) is 0 Å². The van der Waals surface area contributed by atoms with E-state index in [1.54, 1.807) is 315 Å². The lowest BCUT2D eigenvalue weighted by Gasteiger charge is -2.61. The number of rotatable bonds is 0. The first-order valence-corrected chi connectivity index (χ1v) is 63.3. The molecule has 0 N–H and O–H groups in total. The van der Waals surface area contributed by atoms with Crippen molar-refractivity contribution in [1.82, 2.24) is 0 Å². The van der Waals surface area contributed by atoms with Crippen LogP contribution < -0.4 is 0 Å². The number of hydrogen-bond acceptors (Lipinski definition) is 0. The molecule has 4 spiro atoms. The number of fused-ring (bicyclic) bond motifs is 19. The van der Waals surface area contributed by atoms with Crippen LogP contribution in [0.25, 0.3) is 0 Å². The second-order valence-corrected chi connectivity index (χ2v) is 60.0. The van der Waals surface area contributed by atoms with Gasteiger partial charge in [-0.1, -0.05) is 321 Å². The van der Waals surface area contributed by atoms with Crippen molar-refractivity contribution < 1.29 is 0 Å². The van der Waals surface area contributed by atoms with Gasteiger partial charge in [0, 0.05) is 0 Å². The zero-order valence-electron chi connectivity index (χ0n) is 90.8. The summed E-state index contributed by atoms with van der Waals surface area (Å²) in [5, 5.41) is 0. The predicted molar refractivity (Wildman–Crippen MR) is 568 cm³/mol. The van der Waals surface area contributed by atoms with E-state index in [1.165, 1.54) is 241 Å². The van der Waals surface area contributed by atoms with E-state index in [2.05, 4.69) is 83.1 Å². The highest BCUT2D eigenvalue weighted by Gasteiger charge is 2.57. The first kappa shape index (κ1) is 102. The van der Waals surface area contributed by atoms with Gasteiger partial charge in [0.2, 0.25) is 0 Å². The smallest absolute Gasteiger partial charge is 0.0238 e. The Hall–Kier alpha value is 0. The van der Waals surface area contributed by atoms with Crippen LogP contribution in [0, 0.1) is 215 Å². The van der Waals surface area contributed by atoms with Gasteiger partial charge in [0.1, 0.15) is 0 Å². The summed E-state index contributed by atoms with van der Waals surface area (Å²) in [6.45, 7) is 29.5. The molecule has 16 bridgehead atoms. The predicted octanol–water partition coefficient (Wildman–Crippen LogP) is 41.8. The van der Waals surface area contributed by atoms with Crippen molar-refractivity contribution in [2.45, 2.75) is 610 Å². The summed E-state index contributed by atoms with van der Waals surface area (Å²) in [5.74, 6) is 33.3. The van der Waals surface area contributed by atoms with E-state index in [1.807, 2.05) is 0 Å². The van der Waals surface area contributed by atoms with E-state index in [0.29, 0.717) is 0 Å². The minimum Gasteiger partial charge on any atom is -0.0625 e. The van der Waals surface area contributed by atoms with E-state index in [9.17, 15) is 0 Å². The van der Waals surface area contributed by atoms with Gasteiger partial charge < -0.3 is 0 Å². The average Bonchev–Trinajstić information content (AvgIpc) is 1.72. The fourth-order valence-corrected chi connectivity index (χ4v) is 42.7. The normalized spacial score (nSPS) is 47.4. The third-order valence-electron chi connectivity index (χ3n) is 48.9. The molecule has 0 radical (unpaired) electrons. The maximum atomic E-state index is 2.54. The van der Waals surface area contributed by atoms with Gasteiger partial charge in [-0.25, -0.2) is 0 Å². The molecule has 131 heavy (non-hydrogen) atoms. The van der Waals surface area contributed by atoms with Gasteiger partial charge in [-0.3, -0.25) is 0 Å². The maximum Gasteiger partial charge on any atom is -0.0238 e. The van der Waals surface area contributed by atoms with Gasteiger partial charge in [0.15, 0.2) is 0 Å². The van der Waals surface area contributed by atoms with Crippen LogP contribution in [0.15, 0.2) is 0 Å². The summed E-state index contributed by atoms with van der Waals surface area (Å²) in [5.41, 5.74) is 5.87. The topological polar surface area (TPSA) is 0 Å². The largest absolute Gasteiger partial charge is 0.0625 e. The van der Waals surface area contributed by atoms with E-state index in [4.69, 9.17) is 0 Å². The van der Waals surface area contributed by atoms with Crippen LogP contribution in [0.5, 0.6) is 0 Å². The van der Waals surface area contributed by atoms with Crippen molar-refractivity contribution >= 4 is 0 Å². The molecule has 0 aliphatic heterocycles. The van der Waals surface area contributed by atoms with Gasteiger partial charge in [-0.05, 0) is 504 Å². The molecule has 0 amide bonds. The first-order valence-electron chi connectivity index (χ1n) is 63.3. The Morgan fingerprint density at radius 3 is 0.855 bits per heavy atom. The van der Waals surface area contributed by atoms with Crippen molar-refractivity contribution in [2.24, 2.45) is 215 Å². The first-order chi connectivity index (χ1) is 63.3. The van der Waals surface area contributed by atoms with E-state index < -0.39 is 0 Å². The lowest BCUT2D eigenvalue weighted by Crippen LogP contribution is -2.50. The molecule has 754 valence electrons. The van der Waals surface area contributed by atoms with Crippen molar-refractivity contribution in [3.05, 3.63) is 0 Å². The van der Waals surface area contributed by atoms with Gasteiger partial charge >= 0.3 is 0 Å². The second-order valence-electron chi connectivity index (χ2n) is 60.0.